The van der Waals surface area contributed by atoms with Crippen LogP contribution in [0.2, 0.25) is 0 Å². The van der Waals surface area contributed by atoms with Crippen LogP contribution in [0.25, 0.3) is 0 Å². The monoisotopic (exact) mass is 378 g/mol. The number of methoxy groups -OCH3 is 1. The van der Waals surface area contributed by atoms with E-state index in [1.807, 2.05) is 0 Å². The Morgan fingerprint density at radius 3 is 1.96 bits per heavy atom. The highest BCUT2D eigenvalue weighted by Gasteiger charge is 2.32. The Hall–Kier alpha value is -2.66. The molecular formula is C23H26N2O3. The van der Waals surface area contributed by atoms with E-state index in [9.17, 15) is 9.59 Å². The van der Waals surface area contributed by atoms with Gasteiger partial charge in [-0.25, -0.2) is 0 Å². The van der Waals surface area contributed by atoms with E-state index in [-0.39, 0.29) is 18.4 Å². The molecule has 2 aromatic rings. The molecule has 0 unspecified atom stereocenters. The summed E-state index contributed by atoms with van der Waals surface area (Å²) in [4.78, 5) is 28.0. The molecule has 0 atom stereocenters. The highest BCUT2D eigenvalue weighted by molar-refractivity contribution is 5.94. The van der Waals surface area contributed by atoms with Crippen LogP contribution in [0.5, 0.6) is 0 Å². The number of carbonyl (C=O) groups excluding carboxylic acids is 2. The summed E-state index contributed by atoms with van der Waals surface area (Å²) in [6.45, 7) is 2.85. The van der Waals surface area contributed by atoms with E-state index in [0.717, 1.165) is 25.9 Å². The predicted molar refractivity (Wildman–Crippen MR) is 107 cm³/mol. The van der Waals surface area contributed by atoms with E-state index in [4.69, 9.17) is 0 Å². The Labute approximate surface area is 165 Å². The lowest BCUT2D eigenvalue weighted by molar-refractivity contribution is -0.147. The van der Waals surface area contributed by atoms with Crippen LogP contribution in [0.3, 0.4) is 0 Å². The number of ether oxygens (including phenoxy) is 1. The molecule has 2 aromatic carbocycles. The lowest BCUT2D eigenvalue weighted by Crippen LogP contribution is -2.50. The number of hydrogen-bond donors (Lipinski definition) is 0. The number of piperazine rings is 1. The van der Waals surface area contributed by atoms with Crippen LogP contribution in [0, 0.1) is 0 Å². The minimum atomic E-state index is -0.473. The molecule has 4 rings (SSSR count). The van der Waals surface area contributed by atoms with Crippen LogP contribution in [-0.4, -0.2) is 55.0 Å². The Balaban J connectivity index is 1.57. The molecule has 28 heavy (non-hydrogen) atoms. The van der Waals surface area contributed by atoms with Gasteiger partial charge in [-0.15, -0.1) is 0 Å². The van der Waals surface area contributed by atoms with Gasteiger partial charge >= 0.3 is 5.97 Å². The van der Waals surface area contributed by atoms with Crippen LogP contribution < -0.4 is 0 Å². The average Bonchev–Trinajstić information content (AvgIpc) is 2.90. The Bertz CT molecular complexity index is 824. The largest absolute Gasteiger partial charge is 0.469 e. The minimum absolute atomic E-state index is 0.145. The molecule has 1 heterocycles. The third-order valence-corrected chi connectivity index (χ3v) is 5.92. The topological polar surface area (TPSA) is 49.9 Å². The minimum Gasteiger partial charge on any atom is -0.469 e. The van der Waals surface area contributed by atoms with Crippen molar-refractivity contribution in [1.29, 1.82) is 0 Å². The van der Waals surface area contributed by atoms with Crippen LogP contribution in [-0.2, 0) is 27.2 Å². The molecule has 5 heteroatoms. The Morgan fingerprint density at radius 2 is 1.43 bits per heavy atom. The zero-order chi connectivity index (χ0) is 19.5. The molecule has 0 spiro atoms. The first-order chi connectivity index (χ1) is 13.7. The fourth-order valence-electron chi connectivity index (χ4n) is 4.42. The summed E-state index contributed by atoms with van der Waals surface area (Å²) in [5.41, 5.74) is 5.57. The molecule has 0 bridgehead atoms. The van der Waals surface area contributed by atoms with Gasteiger partial charge in [0.25, 0.3) is 0 Å². The van der Waals surface area contributed by atoms with E-state index in [1.165, 1.54) is 29.4 Å². The summed E-state index contributed by atoms with van der Waals surface area (Å²) in [5, 5.41) is 0. The van der Waals surface area contributed by atoms with E-state index in [1.54, 1.807) is 4.90 Å². The lowest BCUT2D eigenvalue weighted by Gasteiger charge is -2.40. The average molecular weight is 378 g/mol. The van der Waals surface area contributed by atoms with Crippen molar-refractivity contribution in [2.45, 2.75) is 25.3 Å². The quantitative estimate of drug-likeness (QED) is 0.609. The van der Waals surface area contributed by atoms with Gasteiger partial charge in [0.15, 0.2) is 0 Å². The summed E-state index contributed by atoms with van der Waals surface area (Å²) in [6.07, 6.45) is 1.94. The maximum atomic E-state index is 12.3. The number of esters is 1. The van der Waals surface area contributed by atoms with E-state index in [2.05, 4.69) is 58.2 Å². The number of fused-ring (bicyclic) bond motifs is 2. The predicted octanol–water partition coefficient (Wildman–Crippen LogP) is 2.58. The Kier molecular flexibility index (Phi) is 5.44. The highest BCUT2D eigenvalue weighted by Crippen LogP contribution is 2.37. The first-order valence-electron chi connectivity index (χ1n) is 9.91. The van der Waals surface area contributed by atoms with E-state index in [0.29, 0.717) is 13.1 Å². The standard InChI is InChI=1S/C23H26N2O3/c1-28-22(27)16-21(26)24-12-14-25(15-13-24)23-19-8-4-2-6-17(19)10-11-18-7-3-5-9-20(18)23/h2-9,23H,10-16H2,1H3. The number of amides is 1. The fraction of sp³-hybridized carbons (Fsp3) is 0.391. The number of benzene rings is 2. The third-order valence-electron chi connectivity index (χ3n) is 5.92. The lowest BCUT2D eigenvalue weighted by atomic mass is 9.92. The normalized spacial score (nSPS) is 17.4. The second kappa shape index (κ2) is 8.15. The zero-order valence-electron chi connectivity index (χ0n) is 16.3. The first-order valence-corrected chi connectivity index (χ1v) is 9.91. The number of rotatable bonds is 3. The van der Waals surface area contributed by atoms with Crippen LogP contribution in [0.15, 0.2) is 48.5 Å². The molecule has 146 valence electrons. The molecule has 1 fully saturated rings. The van der Waals surface area contributed by atoms with Crippen molar-refractivity contribution in [2.24, 2.45) is 0 Å². The molecule has 0 saturated carbocycles. The summed E-state index contributed by atoms with van der Waals surface area (Å²) in [6, 6.07) is 17.7. The molecule has 0 N–H and O–H groups in total. The molecule has 5 nitrogen and oxygen atoms in total. The van der Waals surface area contributed by atoms with Gasteiger partial charge in [0.1, 0.15) is 6.42 Å². The van der Waals surface area contributed by atoms with Crippen molar-refractivity contribution in [3.63, 3.8) is 0 Å². The van der Waals surface area contributed by atoms with Gasteiger partial charge in [-0.1, -0.05) is 48.5 Å². The number of nitrogens with zero attached hydrogens (tertiary/aromatic N) is 2. The number of aryl methyl sites for hydroxylation is 2. The Morgan fingerprint density at radius 1 is 0.893 bits per heavy atom. The maximum Gasteiger partial charge on any atom is 0.315 e. The summed E-state index contributed by atoms with van der Waals surface area (Å²) < 4.78 is 4.62. The smallest absolute Gasteiger partial charge is 0.315 e. The van der Waals surface area contributed by atoms with Gasteiger partial charge in [-0.05, 0) is 35.1 Å². The van der Waals surface area contributed by atoms with Crippen molar-refractivity contribution < 1.29 is 14.3 Å². The first kappa shape index (κ1) is 18.7. The molecular weight excluding hydrogens is 352 g/mol. The zero-order valence-corrected chi connectivity index (χ0v) is 16.3. The van der Waals surface area contributed by atoms with Crippen molar-refractivity contribution >= 4 is 11.9 Å². The molecule has 1 saturated heterocycles. The second-order valence-corrected chi connectivity index (χ2v) is 7.47. The van der Waals surface area contributed by atoms with Crippen molar-refractivity contribution in [2.75, 3.05) is 33.3 Å². The van der Waals surface area contributed by atoms with Gasteiger partial charge in [0, 0.05) is 26.2 Å². The maximum absolute atomic E-state index is 12.3. The molecule has 1 aliphatic heterocycles. The molecule has 0 radical (unpaired) electrons. The summed E-state index contributed by atoms with van der Waals surface area (Å²) in [7, 11) is 1.31. The van der Waals surface area contributed by atoms with E-state index < -0.39 is 5.97 Å². The molecule has 1 aliphatic carbocycles. The summed E-state index contributed by atoms with van der Waals surface area (Å²) >= 11 is 0. The fourth-order valence-corrected chi connectivity index (χ4v) is 4.42. The second-order valence-electron chi connectivity index (χ2n) is 7.47. The third kappa shape index (κ3) is 3.67. The van der Waals surface area contributed by atoms with Crippen molar-refractivity contribution in [3.8, 4) is 0 Å². The van der Waals surface area contributed by atoms with Crippen LogP contribution >= 0.6 is 0 Å². The van der Waals surface area contributed by atoms with Gasteiger partial charge < -0.3 is 9.64 Å². The van der Waals surface area contributed by atoms with Crippen molar-refractivity contribution in [3.05, 3.63) is 70.8 Å². The molecule has 2 aliphatic rings. The summed E-state index contributed by atoms with van der Waals surface area (Å²) in [5.74, 6) is -0.618. The molecule has 1 amide bonds. The van der Waals surface area contributed by atoms with Crippen LogP contribution in [0.4, 0.5) is 0 Å². The van der Waals surface area contributed by atoms with Gasteiger partial charge in [-0.3, -0.25) is 14.5 Å². The van der Waals surface area contributed by atoms with Crippen molar-refractivity contribution in [1.82, 2.24) is 9.80 Å². The highest BCUT2D eigenvalue weighted by atomic mass is 16.5. The molecule has 0 aromatic heterocycles. The van der Waals surface area contributed by atoms with Gasteiger partial charge in [-0.2, -0.15) is 0 Å². The van der Waals surface area contributed by atoms with Crippen LogP contribution in [0.1, 0.15) is 34.7 Å². The SMILES string of the molecule is COC(=O)CC(=O)N1CCN(C2c3ccccc3CCc3ccccc32)CC1. The number of hydrogen-bond acceptors (Lipinski definition) is 4. The van der Waals surface area contributed by atoms with Gasteiger partial charge in [0.05, 0.1) is 13.2 Å². The van der Waals surface area contributed by atoms with Gasteiger partial charge in [0.2, 0.25) is 5.91 Å². The number of carbonyl (C=O) groups is 2. The van der Waals surface area contributed by atoms with E-state index >= 15 is 0 Å².